The first-order valence-electron chi connectivity index (χ1n) is 5.57. The summed E-state index contributed by atoms with van der Waals surface area (Å²) in [5.41, 5.74) is 0.246. The summed E-state index contributed by atoms with van der Waals surface area (Å²) in [7, 11) is 0. The van der Waals surface area contributed by atoms with Crippen molar-refractivity contribution < 1.29 is 19.0 Å². The van der Waals surface area contributed by atoms with Crippen LogP contribution in [0.1, 0.15) is 15.9 Å². The highest BCUT2D eigenvalue weighted by atomic mass is 79.9. The van der Waals surface area contributed by atoms with E-state index in [2.05, 4.69) is 15.9 Å². The molecule has 2 aromatic rings. The number of benzene rings is 2. The van der Waals surface area contributed by atoms with Crippen LogP contribution in [0.15, 0.2) is 40.9 Å². The maximum absolute atomic E-state index is 13.0. The molecule has 6 heteroatoms. The Bertz CT molecular complexity index is 661. The first-order chi connectivity index (χ1) is 9.47. The van der Waals surface area contributed by atoms with Crippen LogP contribution in [-0.4, -0.2) is 11.1 Å². The fourth-order valence-corrected chi connectivity index (χ4v) is 2.35. The Morgan fingerprint density at radius 2 is 2.05 bits per heavy atom. The van der Waals surface area contributed by atoms with Gasteiger partial charge in [-0.05, 0) is 30.3 Å². The second kappa shape index (κ2) is 6.24. The van der Waals surface area contributed by atoms with Crippen LogP contribution in [0, 0.1) is 5.82 Å². The van der Waals surface area contributed by atoms with Crippen molar-refractivity contribution in [3.63, 3.8) is 0 Å². The molecule has 0 heterocycles. The van der Waals surface area contributed by atoms with E-state index in [-0.39, 0.29) is 12.2 Å². The summed E-state index contributed by atoms with van der Waals surface area (Å²) >= 11 is 9.26. The molecule has 0 aromatic heterocycles. The number of aromatic carboxylic acids is 1. The molecule has 0 fully saturated rings. The molecular weight excluding hydrogens is 351 g/mol. The van der Waals surface area contributed by atoms with Crippen molar-refractivity contribution in [3.8, 4) is 5.75 Å². The molecule has 0 aliphatic heterocycles. The number of hydrogen-bond donors (Lipinski definition) is 1. The highest BCUT2D eigenvalue weighted by Gasteiger charge is 2.12. The van der Waals surface area contributed by atoms with Crippen molar-refractivity contribution in [1.82, 2.24) is 0 Å². The van der Waals surface area contributed by atoms with Crippen LogP contribution < -0.4 is 4.74 Å². The summed E-state index contributed by atoms with van der Waals surface area (Å²) in [5, 5.41) is 9.43. The zero-order valence-electron chi connectivity index (χ0n) is 10.1. The Morgan fingerprint density at radius 3 is 2.70 bits per heavy atom. The number of rotatable bonds is 4. The van der Waals surface area contributed by atoms with E-state index in [0.29, 0.717) is 16.3 Å². The minimum absolute atomic E-state index is 0.0106. The summed E-state index contributed by atoms with van der Waals surface area (Å²) in [6.45, 7) is -0.0106. The number of hydrogen-bond acceptors (Lipinski definition) is 2. The van der Waals surface area contributed by atoms with Gasteiger partial charge in [-0.15, -0.1) is 0 Å². The van der Waals surface area contributed by atoms with Crippen LogP contribution in [0.25, 0.3) is 0 Å². The maximum Gasteiger partial charge on any atom is 0.336 e. The van der Waals surface area contributed by atoms with Crippen LogP contribution >= 0.6 is 27.5 Å². The molecule has 0 unspecified atom stereocenters. The van der Waals surface area contributed by atoms with Crippen LogP contribution in [0.4, 0.5) is 4.39 Å². The van der Waals surface area contributed by atoms with Gasteiger partial charge in [0.1, 0.15) is 18.2 Å². The number of carboxylic acid groups (broad SMARTS) is 1. The smallest absolute Gasteiger partial charge is 0.336 e. The van der Waals surface area contributed by atoms with Gasteiger partial charge in [0, 0.05) is 10.0 Å². The van der Waals surface area contributed by atoms with E-state index >= 15 is 0 Å². The lowest BCUT2D eigenvalue weighted by atomic mass is 10.1. The third kappa shape index (κ3) is 3.49. The molecule has 0 aliphatic carbocycles. The molecule has 104 valence electrons. The Hall–Kier alpha value is -1.59. The Balaban J connectivity index is 2.20. The van der Waals surface area contributed by atoms with Crippen molar-refractivity contribution in [2.24, 2.45) is 0 Å². The van der Waals surface area contributed by atoms with Crippen LogP contribution in [-0.2, 0) is 6.61 Å². The van der Waals surface area contributed by atoms with Crippen molar-refractivity contribution in [3.05, 3.63) is 62.8 Å². The van der Waals surface area contributed by atoms with Gasteiger partial charge in [-0.1, -0.05) is 33.6 Å². The lowest BCUT2D eigenvalue weighted by molar-refractivity contribution is 0.0693. The van der Waals surface area contributed by atoms with Crippen molar-refractivity contribution in [2.75, 3.05) is 0 Å². The average molecular weight is 360 g/mol. The second-order valence-electron chi connectivity index (χ2n) is 3.97. The second-order valence-corrected chi connectivity index (χ2v) is 5.29. The van der Waals surface area contributed by atoms with E-state index in [4.69, 9.17) is 21.4 Å². The third-order valence-corrected chi connectivity index (χ3v) is 3.37. The molecule has 0 amide bonds. The highest BCUT2D eigenvalue weighted by Crippen LogP contribution is 2.28. The quantitative estimate of drug-likeness (QED) is 0.873. The van der Waals surface area contributed by atoms with Gasteiger partial charge in [0.05, 0.1) is 10.6 Å². The normalized spacial score (nSPS) is 10.3. The first-order valence-corrected chi connectivity index (χ1v) is 6.74. The van der Waals surface area contributed by atoms with Gasteiger partial charge in [-0.25, -0.2) is 9.18 Å². The average Bonchev–Trinajstić information content (AvgIpc) is 2.38. The first kappa shape index (κ1) is 14.8. The Morgan fingerprint density at radius 1 is 1.30 bits per heavy atom. The molecule has 0 saturated heterocycles. The van der Waals surface area contributed by atoms with E-state index in [9.17, 15) is 9.18 Å². The Labute approximate surface area is 128 Å². The molecule has 0 aliphatic rings. The molecule has 1 N–H and O–H groups in total. The zero-order chi connectivity index (χ0) is 14.7. The van der Waals surface area contributed by atoms with Crippen LogP contribution in [0.2, 0.25) is 5.02 Å². The SMILES string of the molecule is O=C(O)c1cc(F)ccc1COc1ccc(Br)cc1Cl. The predicted molar refractivity (Wildman–Crippen MR) is 76.8 cm³/mol. The largest absolute Gasteiger partial charge is 0.487 e. The van der Waals surface area contributed by atoms with Gasteiger partial charge < -0.3 is 9.84 Å². The predicted octanol–water partition coefficient (Wildman–Crippen LogP) is 4.52. The van der Waals surface area contributed by atoms with E-state index in [1.807, 2.05) is 0 Å². The van der Waals surface area contributed by atoms with Crippen molar-refractivity contribution in [2.45, 2.75) is 6.61 Å². The van der Waals surface area contributed by atoms with Crippen LogP contribution in [0.3, 0.4) is 0 Å². The molecule has 0 bridgehead atoms. The minimum Gasteiger partial charge on any atom is -0.487 e. The lowest BCUT2D eigenvalue weighted by Crippen LogP contribution is -2.06. The molecule has 2 rings (SSSR count). The van der Waals surface area contributed by atoms with Crippen molar-refractivity contribution in [1.29, 1.82) is 0 Å². The number of ether oxygens (including phenoxy) is 1. The number of carbonyl (C=O) groups is 1. The van der Waals surface area contributed by atoms with Gasteiger partial charge in [0.2, 0.25) is 0 Å². The van der Waals surface area contributed by atoms with Crippen molar-refractivity contribution >= 4 is 33.5 Å². The standard InChI is InChI=1S/C14H9BrClFO3/c15-9-2-4-13(12(16)5-9)20-7-8-1-3-10(17)6-11(8)14(18)19/h1-6H,7H2,(H,18,19). The van der Waals surface area contributed by atoms with E-state index in [0.717, 1.165) is 10.5 Å². The van der Waals surface area contributed by atoms with Gasteiger partial charge >= 0.3 is 5.97 Å². The maximum atomic E-state index is 13.0. The van der Waals surface area contributed by atoms with Gasteiger partial charge in [-0.3, -0.25) is 0 Å². The minimum atomic E-state index is -1.20. The number of carboxylic acids is 1. The molecule has 0 radical (unpaired) electrons. The fourth-order valence-electron chi connectivity index (χ4n) is 1.62. The summed E-state index contributed by atoms with van der Waals surface area (Å²) < 4.78 is 19.3. The summed E-state index contributed by atoms with van der Waals surface area (Å²) in [5.74, 6) is -1.38. The lowest BCUT2D eigenvalue weighted by Gasteiger charge is -2.10. The summed E-state index contributed by atoms with van der Waals surface area (Å²) in [4.78, 5) is 11.0. The summed E-state index contributed by atoms with van der Waals surface area (Å²) in [6, 6.07) is 8.62. The summed E-state index contributed by atoms with van der Waals surface area (Å²) in [6.07, 6.45) is 0. The Kier molecular flexibility index (Phi) is 4.62. The van der Waals surface area contributed by atoms with Crippen LogP contribution in [0.5, 0.6) is 5.75 Å². The zero-order valence-corrected chi connectivity index (χ0v) is 12.4. The molecule has 20 heavy (non-hydrogen) atoms. The molecule has 3 nitrogen and oxygen atoms in total. The molecule has 2 aromatic carbocycles. The fraction of sp³-hybridized carbons (Fsp3) is 0.0714. The molecular formula is C14H9BrClFO3. The number of halogens is 3. The molecule has 0 spiro atoms. The van der Waals surface area contributed by atoms with Gasteiger partial charge in [-0.2, -0.15) is 0 Å². The highest BCUT2D eigenvalue weighted by molar-refractivity contribution is 9.10. The third-order valence-electron chi connectivity index (χ3n) is 2.58. The van der Waals surface area contributed by atoms with Gasteiger partial charge in [0.25, 0.3) is 0 Å². The van der Waals surface area contributed by atoms with E-state index in [1.54, 1.807) is 18.2 Å². The monoisotopic (exact) mass is 358 g/mol. The van der Waals surface area contributed by atoms with E-state index in [1.165, 1.54) is 12.1 Å². The molecule has 0 saturated carbocycles. The van der Waals surface area contributed by atoms with Gasteiger partial charge in [0.15, 0.2) is 0 Å². The molecule has 0 atom stereocenters. The van der Waals surface area contributed by atoms with E-state index < -0.39 is 11.8 Å². The topological polar surface area (TPSA) is 46.5 Å².